The van der Waals surface area contributed by atoms with E-state index in [-0.39, 0.29) is 0 Å². The van der Waals surface area contributed by atoms with E-state index in [1.807, 2.05) is 47.0 Å². The lowest BCUT2D eigenvalue weighted by Crippen LogP contribution is -1.91. The predicted molar refractivity (Wildman–Crippen MR) is 69.5 cm³/mol. The Bertz CT molecular complexity index is 184. The zero-order chi connectivity index (χ0) is 8.72. The summed E-state index contributed by atoms with van der Waals surface area (Å²) in [6, 6.07) is 0. The van der Waals surface area contributed by atoms with Crippen molar-refractivity contribution < 1.29 is 0 Å². The summed E-state index contributed by atoms with van der Waals surface area (Å²) < 4.78 is 2.69. The SMILES string of the molecule is CC1SC1SC(=S)SC1SC1C. The Morgan fingerprint density at radius 3 is 1.67 bits per heavy atom. The van der Waals surface area contributed by atoms with Gasteiger partial charge in [-0.05, 0) is 0 Å². The van der Waals surface area contributed by atoms with Gasteiger partial charge in [-0.15, -0.1) is 23.5 Å². The zero-order valence-corrected chi connectivity index (χ0v) is 10.9. The van der Waals surface area contributed by atoms with E-state index in [0.717, 1.165) is 23.2 Å². The number of hydrogen-bond donors (Lipinski definition) is 0. The van der Waals surface area contributed by atoms with Crippen molar-refractivity contribution in [1.29, 1.82) is 0 Å². The van der Waals surface area contributed by atoms with Crippen LogP contribution in [0, 0.1) is 0 Å². The standard InChI is InChI=1S/C7H10S5/c1-3-5(9-3)11-7(8)12-6-4(2)10-6/h3-6H,1-2H3. The molecular formula is C7H10S5. The van der Waals surface area contributed by atoms with Crippen LogP contribution < -0.4 is 0 Å². The normalized spacial score (nSPS) is 44.2. The number of hydrogen-bond acceptors (Lipinski definition) is 5. The second-order valence-electron chi connectivity index (χ2n) is 2.90. The maximum atomic E-state index is 5.29. The molecule has 2 rings (SSSR count). The zero-order valence-electron chi connectivity index (χ0n) is 6.85. The molecule has 0 aliphatic carbocycles. The third-order valence-corrected chi connectivity index (χ3v) is 8.27. The summed E-state index contributed by atoms with van der Waals surface area (Å²) in [6.07, 6.45) is 0. The monoisotopic (exact) mass is 254 g/mol. The Morgan fingerprint density at radius 2 is 1.42 bits per heavy atom. The maximum absolute atomic E-state index is 5.29. The predicted octanol–water partition coefficient (Wildman–Crippen LogP) is 3.66. The summed E-state index contributed by atoms with van der Waals surface area (Å²) >= 11 is 13.1. The van der Waals surface area contributed by atoms with E-state index in [4.69, 9.17) is 12.2 Å². The Labute approximate surface area is 95.8 Å². The molecule has 0 aromatic heterocycles. The lowest BCUT2D eigenvalue weighted by Gasteiger charge is -1.97. The van der Waals surface area contributed by atoms with Crippen LogP contribution in [0.2, 0.25) is 0 Å². The molecule has 0 N–H and O–H groups in total. The minimum absolute atomic E-state index is 0.768. The van der Waals surface area contributed by atoms with Crippen molar-refractivity contribution in [2.45, 2.75) is 33.5 Å². The van der Waals surface area contributed by atoms with Crippen molar-refractivity contribution in [3.8, 4) is 0 Å². The molecule has 2 heterocycles. The van der Waals surface area contributed by atoms with Crippen LogP contribution in [0.25, 0.3) is 0 Å². The van der Waals surface area contributed by atoms with E-state index >= 15 is 0 Å². The van der Waals surface area contributed by atoms with Gasteiger partial charge in [0.05, 0.1) is 9.16 Å². The van der Waals surface area contributed by atoms with Gasteiger partial charge in [0.2, 0.25) is 0 Å². The van der Waals surface area contributed by atoms with Gasteiger partial charge in [0.15, 0.2) is 0 Å². The van der Waals surface area contributed by atoms with Crippen LogP contribution in [0.1, 0.15) is 13.8 Å². The number of thiocarbonyl (C=S) groups is 1. The second-order valence-corrected chi connectivity index (χ2v) is 10.0. The third kappa shape index (κ3) is 2.74. The van der Waals surface area contributed by atoms with Crippen molar-refractivity contribution >= 4 is 62.8 Å². The van der Waals surface area contributed by atoms with Gasteiger partial charge in [-0.3, -0.25) is 0 Å². The van der Waals surface area contributed by atoms with E-state index in [9.17, 15) is 0 Å². The van der Waals surface area contributed by atoms with Crippen LogP contribution in [0.3, 0.4) is 0 Å². The van der Waals surface area contributed by atoms with E-state index < -0.39 is 0 Å². The minimum atomic E-state index is 0.768. The molecule has 0 bridgehead atoms. The summed E-state index contributed by atoms with van der Waals surface area (Å²) in [7, 11) is 0. The first-order chi connectivity index (χ1) is 5.66. The van der Waals surface area contributed by atoms with Gasteiger partial charge >= 0.3 is 0 Å². The van der Waals surface area contributed by atoms with E-state index in [2.05, 4.69) is 13.8 Å². The quantitative estimate of drug-likeness (QED) is 0.543. The summed E-state index contributed by atoms with van der Waals surface area (Å²) in [5.74, 6) is 0. The summed E-state index contributed by atoms with van der Waals surface area (Å²) in [4.78, 5) is 0. The Morgan fingerprint density at radius 1 is 1.08 bits per heavy atom. The van der Waals surface area contributed by atoms with Crippen molar-refractivity contribution in [2.75, 3.05) is 0 Å². The van der Waals surface area contributed by atoms with Gasteiger partial charge in [0.25, 0.3) is 0 Å². The number of rotatable bonds is 2. The fourth-order valence-electron chi connectivity index (χ4n) is 0.797. The summed E-state index contributed by atoms with van der Waals surface area (Å²) in [5.41, 5.74) is 0. The van der Waals surface area contributed by atoms with Crippen LogP contribution in [0.5, 0.6) is 0 Å². The van der Waals surface area contributed by atoms with Crippen molar-refractivity contribution in [2.24, 2.45) is 0 Å². The first kappa shape index (κ1) is 10.0. The minimum Gasteiger partial charge on any atom is -0.141 e. The molecule has 0 saturated carbocycles. The molecule has 5 heteroatoms. The molecule has 0 aromatic carbocycles. The lowest BCUT2D eigenvalue weighted by atomic mass is 10.6. The highest BCUT2D eigenvalue weighted by Gasteiger charge is 2.39. The maximum Gasteiger partial charge on any atom is 0.106 e. The van der Waals surface area contributed by atoms with Crippen molar-refractivity contribution in [1.82, 2.24) is 0 Å². The third-order valence-electron chi connectivity index (χ3n) is 1.74. The van der Waals surface area contributed by atoms with Gasteiger partial charge in [-0.2, -0.15) is 0 Å². The van der Waals surface area contributed by atoms with Crippen LogP contribution in [0.4, 0.5) is 0 Å². The van der Waals surface area contributed by atoms with E-state index in [0.29, 0.717) is 0 Å². The molecule has 68 valence electrons. The molecule has 0 nitrogen and oxygen atoms in total. The molecule has 4 atom stereocenters. The molecule has 2 saturated heterocycles. The molecule has 4 unspecified atom stereocenters. The van der Waals surface area contributed by atoms with Crippen LogP contribution in [-0.2, 0) is 0 Å². The smallest absolute Gasteiger partial charge is 0.106 e. The molecule has 0 spiro atoms. The second kappa shape index (κ2) is 3.93. The van der Waals surface area contributed by atoms with Crippen LogP contribution in [0.15, 0.2) is 0 Å². The van der Waals surface area contributed by atoms with Crippen molar-refractivity contribution in [3.05, 3.63) is 0 Å². The molecule has 0 amide bonds. The fourth-order valence-corrected chi connectivity index (χ4v) is 6.83. The Balaban J connectivity index is 1.64. The average molecular weight is 254 g/mol. The van der Waals surface area contributed by atoms with E-state index in [1.54, 1.807) is 0 Å². The van der Waals surface area contributed by atoms with Gasteiger partial charge in [-0.1, -0.05) is 49.6 Å². The molecular weight excluding hydrogens is 244 g/mol. The highest BCUT2D eigenvalue weighted by Crippen LogP contribution is 2.54. The highest BCUT2D eigenvalue weighted by molar-refractivity contribution is 8.53. The molecule has 2 aliphatic heterocycles. The molecule has 2 aliphatic rings. The van der Waals surface area contributed by atoms with Crippen LogP contribution >= 0.6 is 59.3 Å². The highest BCUT2D eigenvalue weighted by atomic mass is 32.3. The summed E-state index contributed by atoms with van der Waals surface area (Å²) in [5, 5.41) is 1.66. The van der Waals surface area contributed by atoms with E-state index in [1.165, 1.54) is 0 Å². The molecule has 0 radical (unpaired) electrons. The molecule has 12 heavy (non-hydrogen) atoms. The first-order valence-electron chi connectivity index (χ1n) is 3.85. The average Bonchev–Trinajstić information content (AvgIpc) is 2.80. The summed E-state index contributed by atoms with van der Waals surface area (Å²) in [6.45, 7) is 4.54. The van der Waals surface area contributed by atoms with Gasteiger partial charge in [-0.25, -0.2) is 0 Å². The lowest BCUT2D eigenvalue weighted by molar-refractivity contribution is 1.21. The van der Waals surface area contributed by atoms with Crippen LogP contribution in [-0.4, -0.2) is 23.2 Å². The first-order valence-corrected chi connectivity index (χ1v) is 7.90. The Kier molecular flexibility index (Phi) is 3.28. The molecule has 2 fully saturated rings. The van der Waals surface area contributed by atoms with Gasteiger partial charge in [0, 0.05) is 10.5 Å². The van der Waals surface area contributed by atoms with Crippen molar-refractivity contribution in [3.63, 3.8) is 0 Å². The Hall–Kier alpha value is 1.49. The largest absolute Gasteiger partial charge is 0.141 e. The number of thioether (sulfide) groups is 4. The van der Waals surface area contributed by atoms with Gasteiger partial charge < -0.3 is 0 Å². The molecule has 0 aromatic rings. The topological polar surface area (TPSA) is 0 Å². The van der Waals surface area contributed by atoms with Gasteiger partial charge in [0.1, 0.15) is 3.53 Å². The fraction of sp³-hybridized carbons (Fsp3) is 0.857.